The first-order chi connectivity index (χ1) is 8.79. The summed E-state index contributed by atoms with van der Waals surface area (Å²) in [4.78, 5) is 4.37. The minimum Gasteiger partial charge on any atom is -0.378 e. The van der Waals surface area contributed by atoms with Gasteiger partial charge in [0.25, 0.3) is 0 Å². The van der Waals surface area contributed by atoms with Crippen LogP contribution in [0.25, 0.3) is 0 Å². The zero-order valence-electron chi connectivity index (χ0n) is 11.1. The first kappa shape index (κ1) is 13.5. The molecule has 0 amide bonds. The highest BCUT2D eigenvalue weighted by Crippen LogP contribution is 2.18. The SMILES string of the molecule is CCCCC(N)c1nc(CC2CCCCO2)no1. The molecule has 2 atom stereocenters. The second kappa shape index (κ2) is 6.85. The van der Waals surface area contributed by atoms with Crippen molar-refractivity contribution in [2.45, 2.75) is 64.0 Å². The van der Waals surface area contributed by atoms with Crippen LogP contribution < -0.4 is 5.73 Å². The number of rotatable bonds is 6. The first-order valence-corrected chi connectivity index (χ1v) is 6.99. The Kier molecular flexibility index (Phi) is 5.13. The molecule has 1 aliphatic heterocycles. The average Bonchev–Trinajstić information content (AvgIpc) is 2.86. The number of hydrogen-bond donors (Lipinski definition) is 1. The van der Waals surface area contributed by atoms with Gasteiger partial charge in [0.05, 0.1) is 12.1 Å². The quantitative estimate of drug-likeness (QED) is 0.842. The van der Waals surface area contributed by atoms with Gasteiger partial charge in [0.2, 0.25) is 5.89 Å². The maximum atomic E-state index is 6.00. The standard InChI is InChI=1S/C13H23N3O2/c1-2-3-7-11(14)13-15-12(16-18-13)9-10-6-4-5-8-17-10/h10-11H,2-9,14H2,1H3. The van der Waals surface area contributed by atoms with Crippen molar-refractivity contribution >= 4 is 0 Å². The lowest BCUT2D eigenvalue weighted by atomic mass is 10.1. The highest BCUT2D eigenvalue weighted by molar-refractivity contribution is 4.93. The van der Waals surface area contributed by atoms with Crippen LogP contribution in [-0.2, 0) is 11.2 Å². The Balaban J connectivity index is 1.84. The topological polar surface area (TPSA) is 74.2 Å². The highest BCUT2D eigenvalue weighted by atomic mass is 16.5. The van der Waals surface area contributed by atoms with Crippen LogP contribution in [0.2, 0.25) is 0 Å². The van der Waals surface area contributed by atoms with Gasteiger partial charge in [-0.3, -0.25) is 0 Å². The van der Waals surface area contributed by atoms with Gasteiger partial charge in [0, 0.05) is 13.0 Å². The Morgan fingerprint density at radius 2 is 2.33 bits per heavy atom. The molecule has 0 radical (unpaired) electrons. The van der Waals surface area contributed by atoms with E-state index in [9.17, 15) is 0 Å². The summed E-state index contributed by atoms with van der Waals surface area (Å²) in [6, 6.07) is -0.126. The van der Waals surface area contributed by atoms with Crippen molar-refractivity contribution in [1.82, 2.24) is 10.1 Å². The van der Waals surface area contributed by atoms with E-state index in [0.717, 1.165) is 51.0 Å². The second-order valence-corrected chi connectivity index (χ2v) is 4.99. The summed E-state index contributed by atoms with van der Waals surface area (Å²) < 4.78 is 10.9. The summed E-state index contributed by atoms with van der Waals surface area (Å²) in [5.41, 5.74) is 6.00. The summed E-state index contributed by atoms with van der Waals surface area (Å²) in [7, 11) is 0. The Bertz CT molecular complexity index is 348. The number of aromatic nitrogens is 2. The van der Waals surface area contributed by atoms with Gasteiger partial charge in [-0.25, -0.2) is 0 Å². The molecule has 1 aromatic heterocycles. The van der Waals surface area contributed by atoms with Crippen LogP contribution >= 0.6 is 0 Å². The predicted molar refractivity (Wildman–Crippen MR) is 68.0 cm³/mol. The van der Waals surface area contributed by atoms with Gasteiger partial charge in [0.15, 0.2) is 5.82 Å². The molecule has 0 aromatic carbocycles. The van der Waals surface area contributed by atoms with Crippen LogP contribution in [0.1, 0.15) is 63.2 Å². The maximum absolute atomic E-state index is 6.00. The van der Waals surface area contributed by atoms with E-state index in [1.807, 2.05) is 0 Å². The van der Waals surface area contributed by atoms with E-state index in [2.05, 4.69) is 17.1 Å². The highest BCUT2D eigenvalue weighted by Gasteiger charge is 2.19. The van der Waals surface area contributed by atoms with Crippen molar-refractivity contribution in [3.05, 3.63) is 11.7 Å². The fraction of sp³-hybridized carbons (Fsp3) is 0.846. The number of hydrogen-bond acceptors (Lipinski definition) is 5. The summed E-state index contributed by atoms with van der Waals surface area (Å²) in [5.74, 6) is 1.29. The van der Waals surface area contributed by atoms with Crippen LogP contribution in [0.3, 0.4) is 0 Å². The number of nitrogens with zero attached hydrogens (tertiary/aromatic N) is 2. The minimum absolute atomic E-state index is 0.126. The third-order valence-electron chi connectivity index (χ3n) is 3.35. The summed E-state index contributed by atoms with van der Waals surface area (Å²) in [6.07, 6.45) is 7.58. The fourth-order valence-electron chi connectivity index (χ4n) is 2.22. The zero-order chi connectivity index (χ0) is 12.8. The molecule has 0 spiro atoms. The zero-order valence-corrected chi connectivity index (χ0v) is 11.1. The molecule has 1 fully saturated rings. The van der Waals surface area contributed by atoms with Crippen molar-refractivity contribution in [2.24, 2.45) is 5.73 Å². The molecule has 1 saturated heterocycles. The maximum Gasteiger partial charge on any atom is 0.243 e. The van der Waals surface area contributed by atoms with Gasteiger partial charge in [-0.2, -0.15) is 4.98 Å². The van der Waals surface area contributed by atoms with E-state index in [-0.39, 0.29) is 12.1 Å². The summed E-state index contributed by atoms with van der Waals surface area (Å²) >= 11 is 0. The minimum atomic E-state index is -0.126. The summed E-state index contributed by atoms with van der Waals surface area (Å²) in [6.45, 7) is 3.00. The van der Waals surface area contributed by atoms with Crippen LogP contribution in [0.4, 0.5) is 0 Å². The van der Waals surface area contributed by atoms with E-state index < -0.39 is 0 Å². The van der Waals surface area contributed by atoms with Gasteiger partial charge in [-0.15, -0.1) is 0 Å². The molecule has 1 aliphatic rings. The van der Waals surface area contributed by atoms with E-state index in [4.69, 9.17) is 15.0 Å². The average molecular weight is 253 g/mol. The van der Waals surface area contributed by atoms with Crippen molar-refractivity contribution < 1.29 is 9.26 Å². The molecular weight excluding hydrogens is 230 g/mol. The number of unbranched alkanes of at least 4 members (excludes halogenated alkanes) is 1. The molecule has 2 rings (SSSR count). The molecule has 1 aromatic rings. The molecule has 0 saturated carbocycles. The smallest absolute Gasteiger partial charge is 0.243 e. The van der Waals surface area contributed by atoms with Crippen molar-refractivity contribution in [2.75, 3.05) is 6.61 Å². The van der Waals surface area contributed by atoms with Gasteiger partial charge < -0.3 is 15.0 Å². The molecule has 2 N–H and O–H groups in total. The van der Waals surface area contributed by atoms with E-state index >= 15 is 0 Å². The van der Waals surface area contributed by atoms with Crippen LogP contribution in [0.5, 0.6) is 0 Å². The second-order valence-electron chi connectivity index (χ2n) is 4.99. The molecule has 0 aliphatic carbocycles. The lowest BCUT2D eigenvalue weighted by molar-refractivity contribution is 0.0153. The predicted octanol–water partition coefficient (Wildman–Crippen LogP) is 2.37. The van der Waals surface area contributed by atoms with Crippen molar-refractivity contribution in [3.63, 3.8) is 0 Å². The number of nitrogens with two attached hydrogens (primary N) is 1. The molecule has 0 bridgehead atoms. The first-order valence-electron chi connectivity index (χ1n) is 6.99. The lowest BCUT2D eigenvalue weighted by Crippen LogP contribution is -2.22. The van der Waals surface area contributed by atoms with Gasteiger partial charge in [-0.05, 0) is 25.7 Å². The molecule has 5 heteroatoms. The largest absolute Gasteiger partial charge is 0.378 e. The third kappa shape index (κ3) is 3.78. The molecule has 102 valence electrons. The normalized spacial score (nSPS) is 22.0. The Hall–Kier alpha value is -0.940. The van der Waals surface area contributed by atoms with E-state index in [0.29, 0.717) is 5.89 Å². The molecular formula is C13H23N3O2. The molecule has 2 unspecified atom stereocenters. The van der Waals surface area contributed by atoms with Gasteiger partial charge >= 0.3 is 0 Å². The summed E-state index contributed by atoms with van der Waals surface area (Å²) in [5, 5.41) is 3.99. The lowest BCUT2D eigenvalue weighted by Gasteiger charge is -2.20. The van der Waals surface area contributed by atoms with Crippen molar-refractivity contribution in [1.29, 1.82) is 0 Å². The van der Waals surface area contributed by atoms with Gasteiger partial charge in [0.1, 0.15) is 0 Å². The fourth-order valence-corrected chi connectivity index (χ4v) is 2.22. The van der Waals surface area contributed by atoms with Crippen LogP contribution in [0.15, 0.2) is 4.52 Å². The van der Waals surface area contributed by atoms with Crippen LogP contribution in [-0.4, -0.2) is 22.9 Å². The Morgan fingerprint density at radius 3 is 3.06 bits per heavy atom. The number of ether oxygens (including phenoxy) is 1. The third-order valence-corrected chi connectivity index (χ3v) is 3.35. The van der Waals surface area contributed by atoms with Crippen LogP contribution in [0, 0.1) is 0 Å². The van der Waals surface area contributed by atoms with E-state index in [1.165, 1.54) is 6.42 Å². The van der Waals surface area contributed by atoms with Gasteiger partial charge in [-0.1, -0.05) is 24.9 Å². The van der Waals surface area contributed by atoms with E-state index in [1.54, 1.807) is 0 Å². The molecule has 2 heterocycles. The monoisotopic (exact) mass is 253 g/mol. The molecule has 5 nitrogen and oxygen atoms in total. The Labute approximate surface area is 108 Å². The van der Waals surface area contributed by atoms with Crippen molar-refractivity contribution in [3.8, 4) is 0 Å². The Morgan fingerprint density at radius 1 is 1.44 bits per heavy atom. The molecule has 18 heavy (non-hydrogen) atoms.